The van der Waals surface area contributed by atoms with E-state index in [0.717, 1.165) is 45.4 Å². The molecule has 0 spiro atoms. The van der Waals surface area contributed by atoms with Gasteiger partial charge in [0.25, 0.3) is 0 Å². The molecule has 8 aromatic carbocycles. The van der Waals surface area contributed by atoms with Crippen molar-refractivity contribution in [2.24, 2.45) is 0 Å². The molecule has 3 nitrogen and oxygen atoms in total. The zero-order valence-electron chi connectivity index (χ0n) is 30.1. The van der Waals surface area contributed by atoms with Gasteiger partial charge in [-0.1, -0.05) is 146 Å². The number of hydrogen-bond acceptors (Lipinski definition) is 2. The van der Waals surface area contributed by atoms with E-state index in [-0.39, 0.29) is 6.04 Å². The molecule has 2 aromatic heterocycles. The predicted molar refractivity (Wildman–Crippen MR) is 232 cm³/mol. The zero-order chi connectivity index (χ0) is 36.3. The Labute approximate surface area is 319 Å². The summed E-state index contributed by atoms with van der Waals surface area (Å²) in [6.07, 6.45) is 7.67. The lowest BCUT2D eigenvalue weighted by Gasteiger charge is -2.34. The third-order valence-corrected chi connectivity index (χ3v) is 11.3. The molecule has 11 rings (SSSR count). The van der Waals surface area contributed by atoms with Crippen LogP contribution in [0.2, 0.25) is 0 Å². The van der Waals surface area contributed by atoms with Crippen LogP contribution < -0.4 is 4.90 Å². The van der Waals surface area contributed by atoms with E-state index in [1.54, 1.807) is 0 Å². The summed E-state index contributed by atoms with van der Waals surface area (Å²) in [6.45, 7) is 0. The maximum Gasteiger partial charge on any atom is 0.137 e. The molecule has 10 aromatic rings. The molecule has 1 aliphatic rings. The van der Waals surface area contributed by atoms with Gasteiger partial charge in [0.15, 0.2) is 0 Å². The van der Waals surface area contributed by atoms with Gasteiger partial charge in [0.1, 0.15) is 11.2 Å². The fourth-order valence-electron chi connectivity index (χ4n) is 8.72. The average molecular weight is 705 g/mol. The second-order valence-electron chi connectivity index (χ2n) is 14.5. The van der Waals surface area contributed by atoms with Crippen molar-refractivity contribution < 1.29 is 4.42 Å². The third-order valence-electron chi connectivity index (χ3n) is 11.3. The van der Waals surface area contributed by atoms with Crippen molar-refractivity contribution in [3.8, 4) is 16.8 Å². The monoisotopic (exact) mass is 704 g/mol. The highest BCUT2D eigenvalue weighted by Gasteiger charge is 2.24. The van der Waals surface area contributed by atoms with Crippen LogP contribution in [0.3, 0.4) is 0 Å². The van der Waals surface area contributed by atoms with Gasteiger partial charge < -0.3 is 13.9 Å². The van der Waals surface area contributed by atoms with Gasteiger partial charge in [-0.15, -0.1) is 0 Å². The lowest BCUT2D eigenvalue weighted by Crippen LogP contribution is -2.30. The van der Waals surface area contributed by atoms with Crippen molar-refractivity contribution in [1.82, 2.24) is 4.57 Å². The quantitative estimate of drug-likeness (QED) is 0.172. The molecule has 0 amide bonds. The molecule has 1 unspecified atom stereocenters. The van der Waals surface area contributed by atoms with Crippen molar-refractivity contribution >= 4 is 71.5 Å². The Balaban J connectivity index is 1.03. The van der Waals surface area contributed by atoms with E-state index in [1.807, 2.05) is 12.1 Å². The number of allylic oxidation sites excluding steroid dienone is 2. The molecule has 0 saturated heterocycles. The Kier molecular flexibility index (Phi) is 7.31. The van der Waals surface area contributed by atoms with Crippen molar-refractivity contribution in [3.05, 3.63) is 206 Å². The standard InChI is InChI=1S/C52H36N2O/c1-3-12-35(13-4-1)38-15-11-18-42(32-38)53(43-28-31-47-46-20-9-10-21-50(46)55-51(47)34-43)41-26-22-36(23-27-41)39-25-29-45-48-30-24-37-14-7-8-19-44(37)52(48)54(49(45)33-39)40-16-5-2-6-17-40/h1-31,33-34,42H,32H2. The first-order valence-corrected chi connectivity index (χ1v) is 19.0. The van der Waals surface area contributed by atoms with Crippen LogP contribution >= 0.6 is 0 Å². The summed E-state index contributed by atoms with van der Waals surface area (Å²) in [6, 6.07) is 65.8. The fourth-order valence-corrected chi connectivity index (χ4v) is 8.72. The van der Waals surface area contributed by atoms with Crippen molar-refractivity contribution in [2.75, 3.05) is 4.90 Å². The van der Waals surface area contributed by atoms with E-state index in [0.29, 0.717) is 0 Å². The molecule has 0 saturated carbocycles. The van der Waals surface area contributed by atoms with E-state index >= 15 is 0 Å². The van der Waals surface area contributed by atoms with Crippen LogP contribution in [0.5, 0.6) is 0 Å². The number of furan rings is 1. The number of rotatable bonds is 6. The summed E-state index contributed by atoms with van der Waals surface area (Å²) in [4.78, 5) is 2.46. The average Bonchev–Trinajstić information content (AvgIpc) is 3.80. The molecule has 260 valence electrons. The first-order chi connectivity index (χ1) is 27.3. The second kappa shape index (κ2) is 12.8. The van der Waals surface area contributed by atoms with Gasteiger partial charge >= 0.3 is 0 Å². The number of anilines is 2. The van der Waals surface area contributed by atoms with Crippen molar-refractivity contribution in [2.45, 2.75) is 12.5 Å². The molecule has 0 N–H and O–H groups in total. The van der Waals surface area contributed by atoms with Gasteiger partial charge in [-0.3, -0.25) is 0 Å². The first kappa shape index (κ1) is 31.4. The number of benzene rings is 8. The molecule has 0 aliphatic heterocycles. The Hall–Kier alpha value is -7.10. The maximum atomic E-state index is 6.40. The molecule has 0 bridgehead atoms. The lowest BCUT2D eigenvalue weighted by atomic mass is 9.92. The molecule has 0 radical (unpaired) electrons. The Bertz CT molecular complexity index is 3110. The minimum absolute atomic E-state index is 0.112. The van der Waals surface area contributed by atoms with Gasteiger partial charge in [-0.25, -0.2) is 0 Å². The highest BCUT2D eigenvalue weighted by atomic mass is 16.3. The number of para-hydroxylation sites is 2. The third kappa shape index (κ3) is 5.27. The predicted octanol–water partition coefficient (Wildman–Crippen LogP) is 14.1. The van der Waals surface area contributed by atoms with E-state index in [1.165, 1.54) is 54.8 Å². The SMILES string of the molecule is C1=CC(N(c2ccc(-c3ccc4c5ccc6ccccc6c5n(-c5ccccc5)c4c3)cc2)c2ccc3c(c2)oc2ccccc23)CC(c2ccccc2)=C1. The van der Waals surface area contributed by atoms with E-state index in [4.69, 9.17) is 4.42 Å². The molecule has 1 atom stereocenters. The number of hydrogen-bond donors (Lipinski definition) is 0. The smallest absolute Gasteiger partial charge is 0.137 e. The van der Waals surface area contributed by atoms with Gasteiger partial charge in [0.05, 0.1) is 17.1 Å². The van der Waals surface area contributed by atoms with E-state index in [2.05, 4.69) is 198 Å². The minimum atomic E-state index is 0.112. The summed E-state index contributed by atoms with van der Waals surface area (Å²) < 4.78 is 8.84. The van der Waals surface area contributed by atoms with Gasteiger partial charge in [0, 0.05) is 50.1 Å². The lowest BCUT2D eigenvalue weighted by molar-refractivity contribution is 0.668. The van der Waals surface area contributed by atoms with Crippen LogP contribution in [0.1, 0.15) is 12.0 Å². The molecule has 0 fully saturated rings. The highest BCUT2D eigenvalue weighted by Crippen LogP contribution is 2.41. The van der Waals surface area contributed by atoms with E-state index < -0.39 is 0 Å². The van der Waals surface area contributed by atoms with Crippen molar-refractivity contribution in [1.29, 1.82) is 0 Å². The number of fused-ring (bicyclic) bond motifs is 8. The summed E-state index contributed by atoms with van der Waals surface area (Å²) in [5.41, 5.74) is 12.6. The Morgan fingerprint density at radius 1 is 0.491 bits per heavy atom. The van der Waals surface area contributed by atoms with Gasteiger partial charge in [0.2, 0.25) is 0 Å². The number of aromatic nitrogens is 1. The summed E-state index contributed by atoms with van der Waals surface area (Å²) >= 11 is 0. The molecular formula is C52H36N2O. The fraction of sp³-hybridized carbons (Fsp3) is 0.0385. The van der Waals surface area contributed by atoms with Gasteiger partial charge in [-0.05, 0) is 82.6 Å². The van der Waals surface area contributed by atoms with Crippen molar-refractivity contribution in [3.63, 3.8) is 0 Å². The summed E-state index contributed by atoms with van der Waals surface area (Å²) in [7, 11) is 0. The van der Waals surface area contributed by atoms with Crippen LogP contribution in [-0.2, 0) is 0 Å². The molecule has 3 heteroatoms. The molecule has 2 heterocycles. The number of nitrogens with zero attached hydrogens (tertiary/aromatic N) is 2. The topological polar surface area (TPSA) is 21.3 Å². The van der Waals surface area contributed by atoms with Crippen LogP contribution in [0.25, 0.3) is 76.9 Å². The first-order valence-electron chi connectivity index (χ1n) is 19.0. The second-order valence-corrected chi connectivity index (χ2v) is 14.5. The van der Waals surface area contributed by atoms with Gasteiger partial charge in [-0.2, -0.15) is 0 Å². The van der Waals surface area contributed by atoms with Crippen LogP contribution in [0, 0.1) is 0 Å². The summed E-state index contributed by atoms with van der Waals surface area (Å²) in [5, 5.41) is 7.30. The Morgan fingerprint density at radius 3 is 2.02 bits per heavy atom. The molecule has 1 aliphatic carbocycles. The highest BCUT2D eigenvalue weighted by molar-refractivity contribution is 6.19. The summed E-state index contributed by atoms with van der Waals surface area (Å²) in [5.74, 6) is 0. The van der Waals surface area contributed by atoms with Crippen LogP contribution in [0.4, 0.5) is 11.4 Å². The zero-order valence-corrected chi connectivity index (χ0v) is 30.1. The van der Waals surface area contributed by atoms with E-state index in [9.17, 15) is 0 Å². The normalized spacial score (nSPS) is 14.3. The Morgan fingerprint density at radius 2 is 1.16 bits per heavy atom. The van der Waals surface area contributed by atoms with Crippen LogP contribution in [0.15, 0.2) is 205 Å². The minimum Gasteiger partial charge on any atom is -0.456 e. The largest absolute Gasteiger partial charge is 0.456 e. The maximum absolute atomic E-state index is 6.40. The molecule has 55 heavy (non-hydrogen) atoms. The molecular weight excluding hydrogens is 669 g/mol. The van der Waals surface area contributed by atoms with Crippen LogP contribution in [-0.4, -0.2) is 10.6 Å².